The fourth-order valence-electron chi connectivity index (χ4n) is 4.86. The summed E-state index contributed by atoms with van der Waals surface area (Å²) in [5.74, 6) is -0.194. The highest BCUT2D eigenvalue weighted by atomic mass is 35.5. The van der Waals surface area contributed by atoms with Crippen LogP contribution in [0.2, 0.25) is 10.0 Å². The quantitative estimate of drug-likeness (QED) is 0.763. The van der Waals surface area contributed by atoms with Crippen molar-refractivity contribution in [2.45, 2.75) is 30.7 Å². The van der Waals surface area contributed by atoms with Crippen molar-refractivity contribution in [1.29, 1.82) is 0 Å². The van der Waals surface area contributed by atoms with Crippen LogP contribution >= 0.6 is 23.2 Å². The maximum Gasteiger partial charge on any atom is 0.250 e. The number of carbonyl (C=O) groups excluding carboxylic acids is 1. The number of benzene rings is 2. The molecule has 0 bridgehead atoms. The molecule has 2 heterocycles. The lowest BCUT2D eigenvalue weighted by Gasteiger charge is -2.38. The van der Waals surface area contributed by atoms with Crippen molar-refractivity contribution in [2.24, 2.45) is 5.92 Å². The van der Waals surface area contributed by atoms with Gasteiger partial charge in [0, 0.05) is 35.3 Å². The van der Waals surface area contributed by atoms with Gasteiger partial charge in [-0.3, -0.25) is 9.69 Å². The van der Waals surface area contributed by atoms with Crippen LogP contribution < -0.4 is 5.32 Å². The predicted octanol–water partition coefficient (Wildman–Crippen LogP) is 5.18. The zero-order chi connectivity index (χ0) is 18.8. The van der Waals surface area contributed by atoms with E-state index in [9.17, 15) is 9.18 Å². The maximum atomic E-state index is 15.0. The van der Waals surface area contributed by atoms with Gasteiger partial charge in [-0.15, -0.1) is 0 Å². The molecule has 0 unspecified atom stereocenters. The van der Waals surface area contributed by atoms with Crippen LogP contribution in [0.5, 0.6) is 0 Å². The second kappa shape index (κ2) is 6.20. The van der Waals surface area contributed by atoms with Gasteiger partial charge in [0.15, 0.2) is 0 Å². The molecule has 1 N–H and O–H groups in total. The molecule has 2 fully saturated rings. The molecule has 27 heavy (non-hydrogen) atoms. The Balaban J connectivity index is 1.70. The van der Waals surface area contributed by atoms with Crippen molar-refractivity contribution >= 4 is 34.8 Å². The summed E-state index contributed by atoms with van der Waals surface area (Å²) in [5, 5.41) is 3.68. The van der Waals surface area contributed by atoms with E-state index in [1.165, 1.54) is 12.8 Å². The topological polar surface area (TPSA) is 32.3 Å². The van der Waals surface area contributed by atoms with E-state index in [1.807, 2.05) is 6.07 Å². The van der Waals surface area contributed by atoms with Crippen LogP contribution in [-0.4, -0.2) is 23.9 Å². The molecule has 1 spiro atoms. The molecule has 2 aromatic rings. The van der Waals surface area contributed by atoms with Gasteiger partial charge in [0.25, 0.3) is 0 Å². The molecule has 3 nitrogen and oxygen atoms in total. The molecule has 2 aromatic carbocycles. The SMILES string of the molecule is O=C1Nc2cc(Cl)ccc2[C@@]12[C@@H](c1cccc(Cl)c1F)CCN2CC1CC1. The van der Waals surface area contributed by atoms with E-state index in [0.29, 0.717) is 22.9 Å². The normalized spacial score (nSPS) is 27.2. The molecule has 2 aliphatic heterocycles. The van der Waals surface area contributed by atoms with Gasteiger partial charge in [0.2, 0.25) is 5.91 Å². The smallest absolute Gasteiger partial charge is 0.250 e. The van der Waals surface area contributed by atoms with Crippen molar-refractivity contribution in [3.8, 4) is 0 Å². The highest BCUT2D eigenvalue weighted by molar-refractivity contribution is 6.31. The number of carbonyl (C=O) groups is 1. The molecule has 0 aromatic heterocycles. The van der Waals surface area contributed by atoms with Crippen molar-refractivity contribution in [1.82, 2.24) is 4.90 Å². The average molecular weight is 405 g/mol. The summed E-state index contributed by atoms with van der Waals surface area (Å²) in [6.07, 6.45) is 3.09. The molecule has 1 saturated carbocycles. The summed E-state index contributed by atoms with van der Waals surface area (Å²) in [6, 6.07) is 10.6. The summed E-state index contributed by atoms with van der Waals surface area (Å²) < 4.78 is 15.0. The fourth-order valence-corrected chi connectivity index (χ4v) is 5.21. The van der Waals surface area contributed by atoms with Gasteiger partial charge >= 0.3 is 0 Å². The summed E-state index contributed by atoms with van der Waals surface area (Å²) in [5.41, 5.74) is 1.22. The van der Waals surface area contributed by atoms with Crippen LogP contribution in [0.25, 0.3) is 0 Å². The Morgan fingerprint density at radius 2 is 2.00 bits per heavy atom. The third-order valence-electron chi connectivity index (χ3n) is 6.21. The number of likely N-dealkylation sites (tertiary alicyclic amines) is 1. The van der Waals surface area contributed by atoms with Crippen LogP contribution in [0.1, 0.15) is 36.3 Å². The number of amides is 1. The lowest BCUT2D eigenvalue weighted by atomic mass is 9.75. The van der Waals surface area contributed by atoms with E-state index in [4.69, 9.17) is 23.2 Å². The number of rotatable bonds is 3. The molecule has 1 aliphatic carbocycles. The Morgan fingerprint density at radius 1 is 1.19 bits per heavy atom. The van der Waals surface area contributed by atoms with Crippen LogP contribution in [0.4, 0.5) is 10.1 Å². The summed E-state index contributed by atoms with van der Waals surface area (Å²) in [4.78, 5) is 15.7. The third kappa shape index (κ3) is 2.54. The molecule has 2 atom stereocenters. The highest BCUT2D eigenvalue weighted by Crippen LogP contribution is 2.56. The van der Waals surface area contributed by atoms with E-state index in [-0.39, 0.29) is 16.8 Å². The van der Waals surface area contributed by atoms with Gasteiger partial charge in [-0.1, -0.05) is 41.4 Å². The number of fused-ring (bicyclic) bond motifs is 2. The van der Waals surface area contributed by atoms with Crippen molar-refractivity contribution in [3.63, 3.8) is 0 Å². The maximum absolute atomic E-state index is 15.0. The minimum Gasteiger partial charge on any atom is -0.324 e. The average Bonchev–Trinajstić information content (AvgIpc) is 3.31. The number of hydrogen-bond donors (Lipinski definition) is 1. The zero-order valence-corrected chi connectivity index (χ0v) is 16.2. The molecule has 1 saturated heterocycles. The predicted molar refractivity (Wildman–Crippen MR) is 105 cm³/mol. The van der Waals surface area contributed by atoms with Crippen molar-refractivity contribution in [2.75, 3.05) is 18.4 Å². The van der Waals surface area contributed by atoms with Gasteiger partial charge in [-0.05, 0) is 48.9 Å². The molecule has 6 heteroatoms. The minimum atomic E-state index is -0.909. The van der Waals surface area contributed by atoms with E-state index in [1.54, 1.807) is 30.3 Å². The number of halogens is 3. The standard InChI is InChI=1S/C21H19Cl2FN2O/c22-13-6-7-16-18(10-13)25-20(27)21(16)15(8-9-26(21)11-12-4-5-12)14-2-1-3-17(23)19(14)24/h1-3,6-7,10,12,15H,4-5,8-9,11H2,(H,25,27)/t15-,21+/m1/s1. The van der Waals surface area contributed by atoms with E-state index < -0.39 is 11.4 Å². The van der Waals surface area contributed by atoms with Gasteiger partial charge in [-0.2, -0.15) is 0 Å². The van der Waals surface area contributed by atoms with Crippen LogP contribution in [-0.2, 0) is 10.3 Å². The summed E-state index contributed by atoms with van der Waals surface area (Å²) >= 11 is 12.2. The zero-order valence-electron chi connectivity index (χ0n) is 14.6. The van der Waals surface area contributed by atoms with Crippen LogP contribution in [0, 0.1) is 11.7 Å². The molecule has 1 amide bonds. The number of nitrogens with one attached hydrogen (secondary N) is 1. The van der Waals surface area contributed by atoms with Crippen LogP contribution in [0.3, 0.4) is 0 Å². The fraction of sp³-hybridized carbons (Fsp3) is 0.381. The largest absolute Gasteiger partial charge is 0.324 e. The molecular weight excluding hydrogens is 386 g/mol. The van der Waals surface area contributed by atoms with Gasteiger partial charge in [-0.25, -0.2) is 4.39 Å². The molecular formula is C21H19Cl2FN2O. The summed E-state index contributed by atoms with van der Waals surface area (Å²) in [7, 11) is 0. The second-order valence-electron chi connectivity index (χ2n) is 7.78. The van der Waals surface area contributed by atoms with E-state index in [2.05, 4.69) is 10.2 Å². The highest BCUT2D eigenvalue weighted by Gasteiger charge is 2.60. The lowest BCUT2D eigenvalue weighted by molar-refractivity contribution is -0.127. The lowest BCUT2D eigenvalue weighted by Crippen LogP contribution is -2.50. The van der Waals surface area contributed by atoms with Crippen molar-refractivity contribution in [3.05, 3.63) is 63.4 Å². The van der Waals surface area contributed by atoms with E-state index >= 15 is 0 Å². The molecule has 5 rings (SSSR count). The first-order valence-corrected chi connectivity index (χ1v) is 10.1. The van der Waals surface area contributed by atoms with Crippen molar-refractivity contribution < 1.29 is 9.18 Å². The van der Waals surface area contributed by atoms with Gasteiger partial charge < -0.3 is 5.32 Å². The Hall–Kier alpha value is -1.62. The Kier molecular flexibility index (Phi) is 4.01. The Bertz CT molecular complexity index is 946. The monoisotopic (exact) mass is 404 g/mol. The molecule has 0 radical (unpaired) electrons. The molecule has 140 valence electrons. The number of nitrogens with zero attached hydrogens (tertiary/aromatic N) is 1. The Morgan fingerprint density at radius 3 is 2.78 bits per heavy atom. The number of hydrogen-bond acceptors (Lipinski definition) is 2. The van der Waals surface area contributed by atoms with E-state index in [0.717, 1.165) is 24.3 Å². The Labute approximate surface area is 167 Å². The first-order valence-electron chi connectivity index (χ1n) is 9.32. The second-order valence-corrected chi connectivity index (χ2v) is 8.63. The first-order chi connectivity index (χ1) is 13.0. The summed E-state index contributed by atoms with van der Waals surface area (Å²) in [6.45, 7) is 1.61. The molecule has 3 aliphatic rings. The van der Waals surface area contributed by atoms with Gasteiger partial charge in [0.1, 0.15) is 11.4 Å². The third-order valence-corrected chi connectivity index (χ3v) is 6.74. The minimum absolute atomic E-state index is 0.0951. The van der Waals surface area contributed by atoms with Crippen LogP contribution in [0.15, 0.2) is 36.4 Å². The van der Waals surface area contributed by atoms with Gasteiger partial charge in [0.05, 0.1) is 5.02 Å². The first kappa shape index (κ1) is 17.5. The number of anilines is 1.